The highest BCUT2D eigenvalue weighted by Gasteiger charge is 2.06. The van der Waals surface area contributed by atoms with E-state index in [1.165, 1.54) is 0 Å². The fraction of sp³-hybridized carbons (Fsp3) is 0.235. The van der Waals surface area contributed by atoms with Gasteiger partial charge in [0.25, 0.3) is 5.91 Å². The van der Waals surface area contributed by atoms with Gasteiger partial charge < -0.3 is 15.0 Å². The Morgan fingerprint density at radius 1 is 1.10 bits per heavy atom. The second-order valence-electron chi connectivity index (χ2n) is 4.74. The normalized spacial score (nSPS) is 10.0. The van der Waals surface area contributed by atoms with Gasteiger partial charge in [-0.05, 0) is 36.4 Å². The number of methoxy groups -OCH3 is 1. The highest BCUT2D eigenvalue weighted by Crippen LogP contribution is 2.11. The Labute approximate surface area is 125 Å². The van der Waals surface area contributed by atoms with Crippen molar-refractivity contribution in [3.63, 3.8) is 0 Å². The molecule has 2 aromatic carbocycles. The molecule has 0 heterocycles. The number of anilines is 1. The zero-order valence-corrected chi connectivity index (χ0v) is 12.4. The van der Waals surface area contributed by atoms with Gasteiger partial charge in [-0.15, -0.1) is 0 Å². The molecule has 0 unspecified atom stereocenters. The minimum Gasteiger partial charge on any atom is -0.497 e. The zero-order chi connectivity index (χ0) is 15.1. The lowest BCUT2D eigenvalue weighted by atomic mass is 10.2. The van der Waals surface area contributed by atoms with E-state index in [4.69, 9.17) is 4.74 Å². The molecular formula is C17H20N2O2. The largest absolute Gasteiger partial charge is 0.497 e. The average Bonchev–Trinajstić information content (AvgIpc) is 2.55. The number of carbonyl (C=O) groups is 1. The summed E-state index contributed by atoms with van der Waals surface area (Å²) in [5.74, 6) is 0.675. The van der Waals surface area contributed by atoms with Gasteiger partial charge in [-0.1, -0.05) is 18.2 Å². The molecule has 2 aromatic rings. The summed E-state index contributed by atoms with van der Waals surface area (Å²) in [5, 5.41) is 2.92. The van der Waals surface area contributed by atoms with E-state index in [1.54, 1.807) is 31.4 Å². The third-order valence-electron chi connectivity index (χ3n) is 3.28. The first-order valence-corrected chi connectivity index (χ1v) is 6.89. The van der Waals surface area contributed by atoms with Gasteiger partial charge in [0.05, 0.1) is 7.11 Å². The van der Waals surface area contributed by atoms with Crippen molar-refractivity contribution < 1.29 is 9.53 Å². The van der Waals surface area contributed by atoms with Gasteiger partial charge in [-0.2, -0.15) is 0 Å². The number of amides is 1. The van der Waals surface area contributed by atoms with Crippen molar-refractivity contribution in [2.24, 2.45) is 0 Å². The Morgan fingerprint density at radius 3 is 2.38 bits per heavy atom. The van der Waals surface area contributed by atoms with Gasteiger partial charge >= 0.3 is 0 Å². The molecular weight excluding hydrogens is 264 g/mol. The number of hydrogen-bond acceptors (Lipinski definition) is 3. The highest BCUT2D eigenvalue weighted by atomic mass is 16.5. The predicted molar refractivity (Wildman–Crippen MR) is 85.0 cm³/mol. The molecule has 0 radical (unpaired) electrons. The Morgan fingerprint density at radius 2 is 1.76 bits per heavy atom. The van der Waals surface area contributed by atoms with Crippen LogP contribution >= 0.6 is 0 Å². The standard InChI is InChI=1S/C17H20N2O2/c1-19(15-6-4-3-5-7-15)13-12-18-17(20)14-8-10-16(21-2)11-9-14/h3-11H,12-13H2,1-2H3,(H,18,20). The van der Waals surface area contributed by atoms with Gasteiger partial charge in [-0.25, -0.2) is 0 Å². The van der Waals surface area contributed by atoms with E-state index in [0.29, 0.717) is 12.1 Å². The highest BCUT2D eigenvalue weighted by molar-refractivity contribution is 5.94. The van der Waals surface area contributed by atoms with Crippen molar-refractivity contribution in [3.05, 3.63) is 60.2 Å². The molecule has 4 heteroatoms. The molecule has 0 spiro atoms. The molecule has 0 saturated heterocycles. The molecule has 0 atom stereocenters. The molecule has 0 aromatic heterocycles. The zero-order valence-electron chi connectivity index (χ0n) is 12.4. The van der Waals surface area contributed by atoms with Crippen LogP contribution in [0.4, 0.5) is 5.69 Å². The van der Waals surface area contributed by atoms with Crippen LogP contribution in [-0.2, 0) is 0 Å². The van der Waals surface area contributed by atoms with Gasteiger partial charge in [-0.3, -0.25) is 4.79 Å². The maximum absolute atomic E-state index is 12.0. The lowest BCUT2D eigenvalue weighted by molar-refractivity contribution is 0.0954. The topological polar surface area (TPSA) is 41.6 Å². The lowest BCUT2D eigenvalue weighted by Crippen LogP contribution is -2.32. The third-order valence-corrected chi connectivity index (χ3v) is 3.28. The van der Waals surface area contributed by atoms with Crippen molar-refractivity contribution in [2.45, 2.75) is 0 Å². The summed E-state index contributed by atoms with van der Waals surface area (Å²) < 4.78 is 5.07. The quantitative estimate of drug-likeness (QED) is 0.886. The van der Waals surface area contributed by atoms with E-state index >= 15 is 0 Å². The monoisotopic (exact) mass is 284 g/mol. The van der Waals surface area contributed by atoms with E-state index in [2.05, 4.69) is 10.2 Å². The fourth-order valence-corrected chi connectivity index (χ4v) is 1.99. The molecule has 0 aliphatic heterocycles. The summed E-state index contributed by atoms with van der Waals surface area (Å²) in [4.78, 5) is 14.1. The summed E-state index contributed by atoms with van der Waals surface area (Å²) in [6.45, 7) is 1.35. The Balaban J connectivity index is 1.81. The van der Waals surface area contributed by atoms with Crippen LogP contribution < -0.4 is 15.0 Å². The summed E-state index contributed by atoms with van der Waals surface area (Å²) in [5.41, 5.74) is 1.77. The van der Waals surface area contributed by atoms with Crippen LogP contribution in [0.1, 0.15) is 10.4 Å². The molecule has 4 nitrogen and oxygen atoms in total. The molecule has 0 aliphatic carbocycles. The SMILES string of the molecule is COc1ccc(C(=O)NCCN(C)c2ccccc2)cc1. The van der Waals surface area contributed by atoms with Crippen molar-refractivity contribution in [2.75, 3.05) is 32.1 Å². The molecule has 0 fully saturated rings. The summed E-state index contributed by atoms with van der Waals surface area (Å²) in [6.07, 6.45) is 0. The van der Waals surface area contributed by atoms with Gasteiger partial charge in [0.1, 0.15) is 5.75 Å². The van der Waals surface area contributed by atoms with Crippen LogP contribution in [0.5, 0.6) is 5.75 Å². The van der Waals surface area contributed by atoms with Crippen molar-refractivity contribution in [1.82, 2.24) is 5.32 Å². The number of likely N-dealkylation sites (N-methyl/N-ethyl adjacent to an activating group) is 1. The molecule has 1 N–H and O–H groups in total. The number of ether oxygens (including phenoxy) is 1. The Hall–Kier alpha value is -2.49. The number of benzene rings is 2. The van der Waals surface area contributed by atoms with Crippen LogP contribution in [0.2, 0.25) is 0 Å². The van der Waals surface area contributed by atoms with E-state index in [0.717, 1.165) is 18.0 Å². The van der Waals surface area contributed by atoms with Gasteiger partial charge in [0, 0.05) is 31.4 Å². The molecule has 0 saturated carbocycles. The first-order chi connectivity index (χ1) is 10.2. The van der Waals surface area contributed by atoms with Crippen LogP contribution in [0, 0.1) is 0 Å². The van der Waals surface area contributed by atoms with Gasteiger partial charge in [0.2, 0.25) is 0 Å². The number of para-hydroxylation sites is 1. The number of nitrogens with zero attached hydrogens (tertiary/aromatic N) is 1. The van der Waals surface area contributed by atoms with Gasteiger partial charge in [0.15, 0.2) is 0 Å². The lowest BCUT2D eigenvalue weighted by Gasteiger charge is -2.19. The van der Waals surface area contributed by atoms with Crippen LogP contribution in [0.15, 0.2) is 54.6 Å². The molecule has 21 heavy (non-hydrogen) atoms. The number of hydrogen-bond donors (Lipinski definition) is 1. The molecule has 0 aliphatic rings. The molecule has 0 bridgehead atoms. The minimum absolute atomic E-state index is 0.0703. The maximum atomic E-state index is 12.0. The third kappa shape index (κ3) is 4.24. The van der Waals surface area contributed by atoms with E-state index < -0.39 is 0 Å². The molecule has 2 rings (SSSR count). The predicted octanol–water partition coefficient (Wildman–Crippen LogP) is 2.56. The summed E-state index contributed by atoms with van der Waals surface area (Å²) in [7, 11) is 3.61. The summed E-state index contributed by atoms with van der Waals surface area (Å²) in [6, 6.07) is 17.2. The van der Waals surface area contributed by atoms with Crippen molar-refractivity contribution in [1.29, 1.82) is 0 Å². The number of carbonyl (C=O) groups excluding carboxylic acids is 1. The van der Waals surface area contributed by atoms with Crippen LogP contribution in [0.25, 0.3) is 0 Å². The van der Waals surface area contributed by atoms with E-state index in [9.17, 15) is 4.79 Å². The van der Waals surface area contributed by atoms with E-state index in [1.807, 2.05) is 37.4 Å². The Bertz CT molecular complexity index is 567. The second-order valence-corrected chi connectivity index (χ2v) is 4.74. The maximum Gasteiger partial charge on any atom is 0.251 e. The van der Waals surface area contributed by atoms with E-state index in [-0.39, 0.29) is 5.91 Å². The number of nitrogens with one attached hydrogen (secondary N) is 1. The van der Waals surface area contributed by atoms with Crippen molar-refractivity contribution >= 4 is 11.6 Å². The minimum atomic E-state index is -0.0703. The molecule has 110 valence electrons. The molecule has 1 amide bonds. The smallest absolute Gasteiger partial charge is 0.251 e. The van der Waals surface area contributed by atoms with Crippen molar-refractivity contribution in [3.8, 4) is 5.75 Å². The first-order valence-electron chi connectivity index (χ1n) is 6.89. The second kappa shape index (κ2) is 7.33. The first kappa shape index (κ1) is 14.9. The summed E-state index contributed by atoms with van der Waals surface area (Å²) >= 11 is 0. The Kier molecular flexibility index (Phi) is 5.21. The fourth-order valence-electron chi connectivity index (χ4n) is 1.99. The average molecular weight is 284 g/mol. The number of rotatable bonds is 6. The van der Waals surface area contributed by atoms with Crippen LogP contribution in [-0.4, -0.2) is 33.2 Å². The van der Waals surface area contributed by atoms with Crippen LogP contribution in [0.3, 0.4) is 0 Å².